The van der Waals surface area contributed by atoms with E-state index in [-0.39, 0.29) is 18.0 Å². The Kier molecular flexibility index (Phi) is 5.79. The largest absolute Gasteiger partial charge is 0.335 e. The SMILES string of the molecule is NC1CC2CN(C(=O)NCc3ccc(CN4CCNCC4)cc3)CCN2C1=O. The maximum absolute atomic E-state index is 12.5. The first-order valence-electron chi connectivity index (χ1n) is 10.2. The lowest BCUT2D eigenvalue weighted by atomic mass is 10.1. The molecule has 3 amide bonds. The lowest BCUT2D eigenvalue weighted by Crippen LogP contribution is -2.55. The van der Waals surface area contributed by atoms with Crippen molar-refractivity contribution in [2.75, 3.05) is 45.8 Å². The standard InChI is InChI=1S/C20H30N6O2/c21-18-11-17-14-25(9-10-26(17)19(18)27)20(28)23-12-15-1-3-16(4-2-15)13-24-7-5-22-6-8-24/h1-4,17-18,22H,5-14,21H2,(H,23,28). The Morgan fingerprint density at radius 1 is 1.11 bits per heavy atom. The molecule has 2 atom stereocenters. The van der Waals surface area contributed by atoms with Gasteiger partial charge in [0.2, 0.25) is 5.91 Å². The van der Waals surface area contributed by atoms with Gasteiger partial charge in [-0.15, -0.1) is 0 Å². The van der Waals surface area contributed by atoms with Crippen LogP contribution in [0.4, 0.5) is 4.79 Å². The Balaban J connectivity index is 1.24. The average molecular weight is 387 g/mol. The summed E-state index contributed by atoms with van der Waals surface area (Å²) in [4.78, 5) is 30.5. The molecular formula is C20H30N6O2. The van der Waals surface area contributed by atoms with Crippen LogP contribution in [0, 0.1) is 0 Å². The van der Waals surface area contributed by atoms with Gasteiger partial charge in [-0.1, -0.05) is 24.3 Å². The lowest BCUT2D eigenvalue weighted by molar-refractivity contribution is -0.131. The molecule has 3 aliphatic heterocycles. The maximum atomic E-state index is 12.5. The van der Waals surface area contributed by atoms with E-state index in [2.05, 4.69) is 39.8 Å². The number of hydrogen-bond acceptors (Lipinski definition) is 5. The second-order valence-corrected chi connectivity index (χ2v) is 7.98. The molecule has 4 rings (SSSR count). The first-order chi connectivity index (χ1) is 13.6. The number of piperazine rings is 2. The van der Waals surface area contributed by atoms with Gasteiger partial charge in [0.15, 0.2) is 0 Å². The van der Waals surface area contributed by atoms with Crippen molar-refractivity contribution < 1.29 is 9.59 Å². The third-order valence-corrected chi connectivity index (χ3v) is 5.98. The van der Waals surface area contributed by atoms with Crippen LogP contribution in [0.3, 0.4) is 0 Å². The number of carbonyl (C=O) groups excluding carboxylic acids is 2. The van der Waals surface area contributed by atoms with E-state index in [0.29, 0.717) is 32.6 Å². The van der Waals surface area contributed by atoms with Crippen molar-refractivity contribution >= 4 is 11.9 Å². The predicted octanol–water partition coefficient (Wildman–Crippen LogP) is -0.455. The van der Waals surface area contributed by atoms with E-state index in [1.165, 1.54) is 5.56 Å². The number of fused-ring (bicyclic) bond motifs is 1. The molecule has 3 heterocycles. The van der Waals surface area contributed by atoms with E-state index in [1.54, 1.807) is 4.90 Å². The van der Waals surface area contributed by atoms with Crippen LogP contribution in [0.2, 0.25) is 0 Å². The van der Waals surface area contributed by atoms with Gasteiger partial charge in [-0.25, -0.2) is 4.79 Å². The molecule has 28 heavy (non-hydrogen) atoms. The van der Waals surface area contributed by atoms with Gasteiger partial charge in [-0.05, 0) is 17.5 Å². The predicted molar refractivity (Wildman–Crippen MR) is 106 cm³/mol. The zero-order chi connectivity index (χ0) is 19.5. The van der Waals surface area contributed by atoms with Crippen LogP contribution in [-0.4, -0.2) is 84.5 Å². The quantitative estimate of drug-likeness (QED) is 0.651. The molecule has 8 nitrogen and oxygen atoms in total. The van der Waals surface area contributed by atoms with Crippen LogP contribution in [-0.2, 0) is 17.9 Å². The molecule has 1 aromatic rings. The summed E-state index contributed by atoms with van der Waals surface area (Å²) in [5.41, 5.74) is 8.24. The number of nitrogens with one attached hydrogen (secondary N) is 2. The molecule has 152 valence electrons. The van der Waals surface area contributed by atoms with Crippen LogP contribution in [0.25, 0.3) is 0 Å². The maximum Gasteiger partial charge on any atom is 0.317 e. The fourth-order valence-corrected chi connectivity index (χ4v) is 4.32. The minimum absolute atomic E-state index is 0.0194. The topological polar surface area (TPSA) is 93.9 Å². The van der Waals surface area contributed by atoms with Crippen LogP contribution < -0.4 is 16.4 Å². The Hall–Kier alpha value is -2.16. The van der Waals surface area contributed by atoms with Gasteiger partial charge >= 0.3 is 6.03 Å². The molecule has 4 N–H and O–H groups in total. The summed E-state index contributed by atoms with van der Waals surface area (Å²) in [7, 11) is 0. The zero-order valence-corrected chi connectivity index (χ0v) is 16.3. The highest BCUT2D eigenvalue weighted by Gasteiger charge is 2.41. The van der Waals surface area contributed by atoms with E-state index in [1.807, 2.05) is 4.90 Å². The Labute approximate surface area is 166 Å². The highest BCUT2D eigenvalue weighted by molar-refractivity contribution is 5.85. The van der Waals surface area contributed by atoms with Crippen molar-refractivity contribution in [2.24, 2.45) is 5.73 Å². The normalized spacial score (nSPS) is 25.7. The Morgan fingerprint density at radius 2 is 1.82 bits per heavy atom. The van der Waals surface area contributed by atoms with Crippen molar-refractivity contribution in [2.45, 2.75) is 31.6 Å². The van der Waals surface area contributed by atoms with Gasteiger partial charge in [0.1, 0.15) is 0 Å². The summed E-state index contributed by atoms with van der Waals surface area (Å²) in [6, 6.07) is 8.05. The molecular weight excluding hydrogens is 356 g/mol. The summed E-state index contributed by atoms with van der Waals surface area (Å²) in [5, 5.41) is 6.37. The smallest absolute Gasteiger partial charge is 0.317 e. The minimum Gasteiger partial charge on any atom is -0.335 e. The summed E-state index contributed by atoms with van der Waals surface area (Å²) >= 11 is 0. The minimum atomic E-state index is -0.410. The molecule has 0 aromatic heterocycles. The van der Waals surface area contributed by atoms with Crippen molar-refractivity contribution in [3.63, 3.8) is 0 Å². The van der Waals surface area contributed by atoms with E-state index in [9.17, 15) is 9.59 Å². The highest BCUT2D eigenvalue weighted by Crippen LogP contribution is 2.22. The first-order valence-corrected chi connectivity index (χ1v) is 10.2. The van der Waals surface area contributed by atoms with E-state index < -0.39 is 6.04 Å². The fourth-order valence-electron chi connectivity index (χ4n) is 4.32. The van der Waals surface area contributed by atoms with Crippen LogP contribution >= 0.6 is 0 Å². The van der Waals surface area contributed by atoms with E-state index in [0.717, 1.165) is 38.3 Å². The zero-order valence-electron chi connectivity index (χ0n) is 16.3. The molecule has 3 saturated heterocycles. The molecule has 1 aromatic carbocycles. The highest BCUT2D eigenvalue weighted by atomic mass is 16.2. The van der Waals surface area contributed by atoms with Crippen molar-refractivity contribution in [3.05, 3.63) is 35.4 Å². The number of rotatable bonds is 4. The molecule has 3 fully saturated rings. The monoisotopic (exact) mass is 386 g/mol. The molecule has 0 spiro atoms. The Bertz CT molecular complexity index is 703. The summed E-state index contributed by atoms with van der Waals surface area (Å²) < 4.78 is 0. The third kappa shape index (κ3) is 4.29. The van der Waals surface area contributed by atoms with Gasteiger partial charge in [-0.3, -0.25) is 9.69 Å². The molecule has 0 radical (unpaired) electrons. The van der Waals surface area contributed by atoms with Crippen molar-refractivity contribution in [1.82, 2.24) is 25.3 Å². The molecule has 8 heteroatoms. The molecule has 2 unspecified atom stereocenters. The van der Waals surface area contributed by atoms with Gasteiger partial charge in [0.25, 0.3) is 0 Å². The van der Waals surface area contributed by atoms with E-state index in [4.69, 9.17) is 5.73 Å². The molecule has 0 bridgehead atoms. The van der Waals surface area contributed by atoms with Crippen molar-refractivity contribution in [3.8, 4) is 0 Å². The summed E-state index contributed by atoms with van der Waals surface area (Å²) in [6.07, 6.45) is 0.636. The number of amides is 3. The average Bonchev–Trinajstić information content (AvgIpc) is 3.01. The second kappa shape index (κ2) is 8.46. The molecule has 0 aliphatic carbocycles. The van der Waals surface area contributed by atoms with Gasteiger partial charge in [-0.2, -0.15) is 0 Å². The number of nitrogens with zero attached hydrogens (tertiary/aromatic N) is 3. The number of nitrogens with two attached hydrogens (primary N) is 1. The summed E-state index contributed by atoms with van der Waals surface area (Å²) in [5.74, 6) is 0.0194. The second-order valence-electron chi connectivity index (χ2n) is 7.98. The lowest BCUT2D eigenvalue weighted by Gasteiger charge is -2.37. The third-order valence-electron chi connectivity index (χ3n) is 5.98. The van der Waals surface area contributed by atoms with Gasteiger partial charge in [0, 0.05) is 58.9 Å². The Morgan fingerprint density at radius 3 is 2.57 bits per heavy atom. The molecule has 0 saturated carbocycles. The van der Waals surface area contributed by atoms with Crippen LogP contribution in [0.15, 0.2) is 24.3 Å². The van der Waals surface area contributed by atoms with Crippen LogP contribution in [0.5, 0.6) is 0 Å². The summed E-state index contributed by atoms with van der Waals surface area (Å²) in [6.45, 7) is 7.46. The van der Waals surface area contributed by atoms with Gasteiger partial charge < -0.3 is 26.2 Å². The molecule has 3 aliphatic rings. The number of benzene rings is 1. The number of urea groups is 1. The number of carbonyl (C=O) groups is 2. The van der Waals surface area contributed by atoms with E-state index >= 15 is 0 Å². The van der Waals surface area contributed by atoms with Crippen molar-refractivity contribution in [1.29, 1.82) is 0 Å². The van der Waals surface area contributed by atoms with Gasteiger partial charge in [0.05, 0.1) is 12.1 Å². The van der Waals surface area contributed by atoms with Crippen LogP contribution in [0.1, 0.15) is 17.5 Å². The number of hydrogen-bond donors (Lipinski definition) is 3. The fraction of sp³-hybridized carbons (Fsp3) is 0.600. The first kappa shape index (κ1) is 19.2.